The fourth-order valence-electron chi connectivity index (χ4n) is 1.99. The normalized spacial score (nSPS) is 13.3. The molecule has 0 radical (unpaired) electrons. The van der Waals surface area contributed by atoms with Crippen molar-refractivity contribution in [3.8, 4) is 0 Å². The van der Waals surface area contributed by atoms with Crippen LogP contribution < -0.4 is 11.1 Å². The zero-order valence-corrected chi connectivity index (χ0v) is 14.3. The highest BCUT2D eigenvalue weighted by Gasteiger charge is 2.38. The Kier molecular flexibility index (Phi) is 8.75. The Balaban J connectivity index is 2.37. The lowest BCUT2D eigenvalue weighted by Gasteiger charge is -2.28. The molecule has 0 aliphatic rings. The second-order valence-corrected chi connectivity index (χ2v) is 8.03. The Labute approximate surface area is 129 Å². The molecule has 0 fully saturated rings. The second-order valence-electron chi connectivity index (χ2n) is 5.06. The van der Waals surface area contributed by atoms with Crippen molar-refractivity contribution in [1.82, 2.24) is 5.32 Å². The standard InChI is InChI=1S/C15H28N2O3Si/c1-14(17-12-15-8-5-4-6-9-15)13-20-21(18-2,19-3)11-7-10-16/h4-6,8-9,14,17H,7,10-13,16H2,1-3H3. The van der Waals surface area contributed by atoms with Gasteiger partial charge in [0, 0.05) is 32.9 Å². The van der Waals surface area contributed by atoms with Crippen LogP contribution in [0.4, 0.5) is 0 Å². The van der Waals surface area contributed by atoms with E-state index in [1.54, 1.807) is 14.2 Å². The van der Waals surface area contributed by atoms with Gasteiger partial charge in [-0.25, -0.2) is 0 Å². The van der Waals surface area contributed by atoms with Crippen LogP contribution in [-0.4, -0.2) is 42.2 Å². The van der Waals surface area contributed by atoms with Gasteiger partial charge in [-0.3, -0.25) is 0 Å². The Morgan fingerprint density at radius 1 is 1.19 bits per heavy atom. The fraction of sp³-hybridized carbons (Fsp3) is 0.600. The lowest BCUT2D eigenvalue weighted by molar-refractivity contribution is 0.0892. The lowest BCUT2D eigenvalue weighted by Crippen LogP contribution is -2.47. The van der Waals surface area contributed by atoms with E-state index >= 15 is 0 Å². The SMILES string of the molecule is CO[Si](CCCN)(OC)OCC(C)NCc1ccccc1. The molecule has 21 heavy (non-hydrogen) atoms. The first kappa shape index (κ1) is 18.3. The van der Waals surface area contributed by atoms with Gasteiger partial charge in [-0.1, -0.05) is 30.3 Å². The van der Waals surface area contributed by atoms with Gasteiger partial charge in [-0.2, -0.15) is 0 Å². The van der Waals surface area contributed by atoms with E-state index < -0.39 is 8.80 Å². The molecular formula is C15H28N2O3Si. The third-order valence-corrected chi connectivity index (χ3v) is 6.18. The molecule has 0 saturated heterocycles. The largest absolute Gasteiger partial charge is 0.500 e. The summed E-state index contributed by atoms with van der Waals surface area (Å²) in [6.07, 6.45) is 0.847. The van der Waals surface area contributed by atoms with Crippen molar-refractivity contribution in [3.63, 3.8) is 0 Å². The number of benzene rings is 1. The second kappa shape index (κ2) is 10.0. The van der Waals surface area contributed by atoms with E-state index in [0.29, 0.717) is 13.2 Å². The Morgan fingerprint density at radius 2 is 1.86 bits per heavy atom. The Morgan fingerprint density at radius 3 is 2.43 bits per heavy atom. The Hall–Kier alpha value is -0.763. The zero-order valence-electron chi connectivity index (χ0n) is 13.3. The first-order valence-corrected chi connectivity index (χ1v) is 9.30. The van der Waals surface area contributed by atoms with Gasteiger partial charge in [0.15, 0.2) is 0 Å². The van der Waals surface area contributed by atoms with Crippen molar-refractivity contribution in [3.05, 3.63) is 35.9 Å². The maximum Gasteiger partial charge on any atom is 0.500 e. The highest BCUT2D eigenvalue weighted by molar-refractivity contribution is 6.60. The minimum atomic E-state index is -2.56. The van der Waals surface area contributed by atoms with Crippen molar-refractivity contribution < 1.29 is 13.3 Å². The molecule has 120 valence electrons. The molecule has 1 rings (SSSR count). The molecule has 1 unspecified atom stereocenters. The Bertz CT molecular complexity index is 374. The van der Waals surface area contributed by atoms with E-state index in [-0.39, 0.29) is 6.04 Å². The van der Waals surface area contributed by atoms with Gasteiger partial charge in [0.25, 0.3) is 0 Å². The first-order valence-electron chi connectivity index (χ1n) is 7.37. The van der Waals surface area contributed by atoms with Gasteiger partial charge in [-0.05, 0) is 25.5 Å². The minimum Gasteiger partial charge on any atom is -0.377 e. The molecule has 3 N–H and O–H groups in total. The minimum absolute atomic E-state index is 0.222. The van der Waals surface area contributed by atoms with Gasteiger partial charge in [0.05, 0.1) is 6.61 Å². The molecule has 0 heterocycles. The summed E-state index contributed by atoms with van der Waals surface area (Å²) in [4.78, 5) is 0. The van der Waals surface area contributed by atoms with E-state index in [4.69, 9.17) is 19.0 Å². The number of nitrogens with two attached hydrogens (primary N) is 1. The summed E-state index contributed by atoms with van der Waals surface area (Å²) >= 11 is 0. The summed E-state index contributed by atoms with van der Waals surface area (Å²) in [7, 11) is 0.739. The van der Waals surface area contributed by atoms with Crippen LogP contribution in [0.3, 0.4) is 0 Å². The average Bonchev–Trinajstić information content (AvgIpc) is 2.55. The lowest BCUT2D eigenvalue weighted by atomic mass is 10.2. The van der Waals surface area contributed by atoms with Crippen LogP contribution in [0, 0.1) is 0 Å². The molecule has 0 aliphatic carbocycles. The fourth-order valence-corrected chi connectivity index (χ4v) is 4.09. The summed E-state index contributed by atoms with van der Waals surface area (Å²) in [6, 6.07) is 11.3. The number of hydrogen-bond donors (Lipinski definition) is 2. The summed E-state index contributed by atoms with van der Waals surface area (Å²) in [5, 5.41) is 3.44. The number of rotatable bonds is 11. The van der Waals surface area contributed by atoms with E-state index in [2.05, 4.69) is 24.4 Å². The monoisotopic (exact) mass is 312 g/mol. The summed E-state index contributed by atoms with van der Waals surface area (Å²) in [5.41, 5.74) is 6.82. The number of nitrogens with one attached hydrogen (secondary N) is 1. The molecule has 0 bridgehead atoms. The molecule has 5 nitrogen and oxygen atoms in total. The molecule has 0 amide bonds. The van der Waals surface area contributed by atoms with Crippen LogP contribution in [-0.2, 0) is 19.8 Å². The zero-order chi connectivity index (χ0) is 15.6. The molecule has 0 spiro atoms. The third-order valence-electron chi connectivity index (χ3n) is 3.36. The third kappa shape index (κ3) is 6.69. The van der Waals surface area contributed by atoms with Gasteiger partial charge in [0.2, 0.25) is 0 Å². The van der Waals surface area contributed by atoms with Gasteiger partial charge in [-0.15, -0.1) is 0 Å². The van der Waals surface area contributed by atoms with Crippen LogP contribution in [0.25, 0.3) is 0 Å². The molecule has 0 saturated carbocycles. The summed E-state index contributed by atoms with van der Waals surface area (Å²) in [6.45, 7) is 4.09. The smallest absolute Gasteiger partial charge is 0.377 e. The van der Waals surface area contributed by atoms with Crippen molar-refractivity contribution in [1.29, 1.82) is 0 Å². The van der Waals surface area contributed by atoms with E-state index in [9.17, 15) is 0 Å². The van der Waals surface area contributed by atoms with Crippen molar-refractivity contribution >= 4 is 8.80 Å². The van der Waals surface area contributed by atoms with Crippen molar-refractivity contribution in [2.75, 3.05) is 27.4 Å². The van der Waals surface area contributed by atoms with E-state index in [0.717, 1.165) is 19.0 Å². The molecule has 1 aromatic rings. The molecule has 0 aromatic heterocycles. The van der Waals surface area contributed by atoms with Crippen molar-refractivity contribution in [2.24, 2.45) is 5.73 Å². The van der Waals surface area contributed by atoms with Gasteiger partial charge in [0.1, 0.15) is 0 Å². The van der Waals surface area contributed by atoms with Crippen molar-refractivity contribution in [2.45, 2.75) is 32.0 Å². The van der Waals surface area contributed by atoms with Gasteiger partial charge >= 0.3 is 8.80 Å². The van der Waals surface area contributed by atoms with Crippen LogP contribution in [0.5, 0.6) is 0 Å². The quantitative estimate of drug-likeness (QED) is 0.610. The average molecular weight is 312 g/mol. The maximum atomic E-state index is 5.96. The van der Waals surface area contributed by atoms with E-state index in [1.807, 2.05) is 18.2 Å². The molecule has 1 aromatic carbocycles. The highest BCUT2D eigenvalue weighted by atomic mass is 28.4. The molecule has 1 atom stereocenters. The van der Waals surface area contributed by atoms with Crippen LogP contribution >= 0.6 is 0 Å². The summed E-state index contributed by atoms with van der Waals surface area (Å²) < 4.78 is 17.0. The maximum absolute atomic E-state index is 5.96. The van der Waals surface area contributed by atoms with Crippen LogP contribution in [0.2, 0.25) is 6.04 Å². The van der Waals surface area contributed by atoms with Crippen LogP contribution in [0.15, 0.2) is 30.3 Å². The predicted molar refractivity (Wildman–Crippen MR) is 86.9 cm³/mol. The number of hydrogen-bond acceptors (Lipinski definition) is 5. The topological polar surface area (TPSA) is 65.7 Å². The van der Waals surface area contributed by atoms with Crippen LogP contribution in [0.1, 0.15) is 18.9 Å². The van der Waals surface area contributed by atoms with Gasteiger partial charge < -0.3 is 24.3 Å². The molecule has 6 heteroatoms. The highest BCUT2D eigenvalue weighted by Crippen LogP contribution is 2.16. The first-order chi connectivity index (χ1) is 10.2. The molecule has 0 aliphatic heterocycles. The van der Waals surface area contributed by atoms with E-state index in [1.165, 1.54) is 5.56 Å². The summed E-state index contributed by atoms with van der Waals surface area (Å²) in [5.74, 6) is 0. The molecular weight excluding hydrogens is 284 g/mol. The predicted octanol–water partition coefficient (Wildman–Crippen LogP) is 1.76.